The van der Waals surface area contributed by atoms with Crippen LogP contribution in [-0.4, -0.2) is 20.6 Å². The largest absolute Gasteiger partial charge is 0.463 e. The fraction of sp³-hybridized carbons (Fsp3) is 0.111. The van der Waals surface area contributed by atoms with Gasteiger partial charge in [0.15, 0.2) is 5.76 Å². The van der Waals surface area contributed by atoms with Crippen LogP contribution in [0.2, 0.25) is 0 Å². The number of carbonyl (C=O) groups is 1. The van der Waals surface area contributed by atoms with Crippen molar-refractivity contribution in [2.24, 2.45) is 0 Å². The van der Waals surface area contributed by atoms with Crippen LogP contribution in [0.15, 0.2) is 57.9 Å². The van der Waals surface area contributed by atoms with E-state index in [0.717, 1.165) is 10.7 Å². The van der Waals surface area contributed by atoms with E-state index < -0.39 is 22.4 Å². The zero-order valence-corrected chi connectivity index (χ0v) is 14.5. The summed E-state index contributed by atoms with van der Waals surface area (Å²) in [7, 11) is 0. The van der Waals surface area contributed by atoms with Crippen LogP contribution < -0.4 is 10.9 Å². The normalized spacial score (nSPS) is 11.4. The number of furan rings is 1. The molecular weight excluding hydrogens is 366 g/mol. The Labute approximate surface area is 157 Å². The van der Waals surface area contributed by atoms with E-state index in [4.69, 9.17) is 4.42 Å². The summed E-state index contributed by atoms with van der Waals surface area (Å²) in [6, 6.07) is 10.4. The first-order valence-electron chi connectivity index (χ1n) is 8.04. The molecule has 28 heavy (non-hydrogen) atoms. The third-order valence-corrected chi connectivity index (χ3v) is 3.94. The van der Waals surface area contributed by atoms with E-state index in [0.29, 0.717) is 11.5 Å². The highest BCUT2D eigenvalue weighted by molar-refractivity contribution is 5.94. The molecule has 0 saturated carbocycles. The van der Waals surface area contributed by atoms with Gasteiger partial charge in [0.05, 0.1) is 22.4 Å². The van der Waals surface area contributed by atoms with Crippen molar-refractivity contribution in [3.05, 3.63) is 74.8 Å². The smallest absolute Gasteiger partial charge is 0.270 e. The third kappa shape index (κ3) is 3.63. The average molecular weight is 379 g/mol. The molecular formula is C18H13N5O5. The lowest BCUT2D eigenvalue weighted by Gasteiger charge is -2.15. The zero-order chi connectivity index (χ0) is 20.3. The number of carbonyl (C=O) groups excluding carboxylic acids is 1. The molecule has 1 atom stereocenters. The standard InChI is InChI=1S/C18H13N5O5/c1-11(22-17(24)7-6-15(21-22)16-3-2-8-28-16)18(25)20-14-5-4-13(23(26)27)9-12(14)10-19/h2-9,11H,1H3,(H,20,25). The van der Waals surface area contributed by atoms with Crippen LogP contribution in [0.3, 0.4) is 0 Å². The molecule has 1 amide bonds. The molecule has 0 aliphatic rings. The monoisotopic (exact) mass is 379 g/mol. The van der Waals surface area contributed by atoms with Gasteiger partial charge in [-0.15, -0.1) is 0 Å². The molecule has 140 valence electrons. The van der Waals surface area contributed by atoms with Crippen molar-refractivity contribution in [3.8, 4) is 17.5 Å². The Hall–Kier alpha value is -4.26. The minimum atomic E-state index is -1.01. The van der Waals surface area contributed by atoms with Crippen LogP contribution in [0, 0.1) is 21.4 Å². The molecule has 0 bridgehead atoms. The number of nitriles is 1. The van der Waals surface area contributed by atoms with Crippen LogP contribution in [-0.2, 0) is 4.79 Å². The van der Waals surface area contributed by atoms with Gasteiger partial charge in [-0.1, -0.05) is 0 Å². The minimum Gasteiger partial charge on any atom is -0.463 e. The molecule has 0 aliphatic heterocycles. The third-order valence-electron chi connectivity index (χ3n) is 3.94. The van der Waals surface area contributed by atoms with Crippen molar-refractivity contribution >= 4 is 17.3 Å². The molecule has 0 fully saturated rings. The molecule has 3 rings (SSSR count). The highest BCUT2D eigenvalue weighted by atomic mass is 16.6. The summed E-state index contributed by atoms with van der Waals surface area (Å²) in [5.74, 6) is -0.181. The fourth-order valence-corrected chi connectivity index (χ4v) is 2.45. The number of anilines is 1. The summed E-state index contributed by atoms with van der Waals surface area (Å²) in [6.07, 6.45) is 1.46. The van der Waals surface area contributed by atoms with Gasteiger partial charge in [0.1, 0.15) is 17.8 Å². The van der Waals surface area contributed by atoms with Gasteiger partial charge < -0.3 is 9.73 Å². The van der Waals surface area contributed by atoms with Crippen molar-refractivity contribution in [1.29, 1.82) is 5.26 Å². The number of nitro groups is 1. The van der Waals surface area contributed by atoms with Gasteiger partial charge in [0.25, 0.3) is 11.2 Å². The Balaban J connectivity index is 1.88. The predicted molar refractivity (Wildman–Crippen MR) is 97.4 cm³/mol. The second-order valence-corrected chi connectivity index (χ2v) is 5.74. The molecule has 1 unspecified atom stereocenters. The summed E-state index contributed by atoms with van der Waals surface area (Å²) in [4.78, 5) is 34.9. The molecule has 1 aromatic carbocycles. The van der Waals surface area contributed by atoms with Crippen LogP contribution in [0.5, 0.6) is 0 Å². The van der Waals surface area contributed by atoms with Gasteiger partial charge in [-0.05, 0) is 31.2 Å². The first-order chi connectivity index (χ1) is 13.4. The number of nitrogens with one attached hydrogen (secondary N) is 1. The highest BCUT2D eigenvalue weighted by Gasteiger charge is 2.20. The predicted octanol–water partition coefficient (Wildman–Crippen LogP) is 2.48. The Kier molecular flexibility index (Phi) is 4.99. The van der Waals surface area contributed by atoms with Crippen LogP contribution in [0.4, 0.5) is 11.4 Å². The molecule has 3 aromatic rings. The minimum absolute atomic E-state index is 0.0700. The Morgan fingerprint density at radius 2 is 2.14 bits per heavy atom. The number of amides is 1. The van der Waals surface area contributed by atoms with Gasteiger partial charge in [-0.3, -0.25) is 19.7 Å². The molecule has 10 heteroatoms. The van der Waals surface area contributed by atoms with Gasteiger partial charge in [0, 0.05) is 18.2 Å². The zero-order valence-electron chi connectivity index (χ0n) is 14.5. The second-order valence-electron chi connectivity index (χ2n) is 5.74. The van der Waals surface area contributed by atoms with Gasteiger partial charge in [-0.25, -0.2) is 4.68 Å². The quantitative estimate of drug-likeness (QED) is 0.529. The maximum Gasteiger partial charge on any atom is 0.270 e. The van der Waals surface area contributed by atoms with Crippen LogP contribution >= 0.6 is 0 Å². The van der Waals surface area contributed by atoms with Crippen molar-refractivity contribution in [2.45, 2.75) is 13.0 Å². The molecule has 1 N–H and O–H groups in total. The van der Waals surface area contributed by atoms with E-state index >= 15 is 0 Å². The average Bonchev–Trinajstić information content (AvgIpc) is 3.22. The van der Waals surface area contributed by atoms with E-state index in [9.17, 15) is 25.0 Å². The summed E-state index contributed by atoms with van der Waals surface area (Å²) >= 11 is 0. The number of nitrogens with zero attached hydrogens (tertiary/aromatic N) is 4. The summed E-state index contributed by atoms with van der Waals surface area (Å²) < 4.78 is 6.23. The summed E-state index contributed by atoms with van der Waals surface area (Å²) in [5, 5.41) is 26.6. The van der Waals surface area contributed by atoms with E-state index in [2.05, 4.69) is 10.4 Å². The maximum atomic E-state index is 12.6. The molecule has 2 aromatic heterocycles. The lowest BCUT2D eigenvalue weighted by Crippen LogP contribution is -2.33. The second kappa shape index (κ2) is 7.55. The van der Waals surface area contributed by atoms with E-state index in [1.54, 1.807) is 18.2 Å². The van der Waals surface area contributed by atoms with E-state index in [1.165, 1.54) is 37.5 Å². The van der Waals surface area contributed by atoms with Crippen LogP contribution in [0.1, 0.15) is 18.5 Å². The summed E-state index contributed by atoms with van der Waals surface area (Å²) in [5.41, 5.74) is -0.370. The molecule has 0 saturated heterocycles. The molecule has 0 aliphatic carbocycles. The lowest BCUT2D eigenvalue weighted by atomic mass is 10.1. The van der Waals surface area contributed by atoms with Gasteiger partial charge in [-0.2, -0.15) is 10.4 Å². The Bertz CT molecular complexity index is 1140. The highest BCUT2D eigenvalue weighted by Crippen LogP contribution is 2.22. The molecule has 10 nitrogen and oxygen atoms in total. The number of hydrogen-bond acceptors (Lipinski definition) is 7. The van der Waals surface area contributed by atoms with Crippen molar-refractivity contribution in [1.82, 2.24) is 9.78 Å². The van der Waals surface area contributed by atoms with Crippen molar-refractivity contribution < 1.29 is 14.1 Å². The van der Waals surface area contributed by atoms with Crippen molar-refractivity contribution in [2.75, 3.05) is 5.32 Å². The molecule has 0 spiro atoms. The lowest BCUT2D eigenvalue weighted by molar-refractivity contribution is -0.384. The van der Waals surface area contributed by atoms with E-state index in [1.807, 2.05) is 0 Å². The maximum absolute atomic E-state index is 12.6. The number of hydrogen-bond donors (Lipinski definition) is 1. The first-order valence-corrected chi connectivity index (χ1v) is 8.04. The van der Waals surface area contributed by atoms with E-state index in [-0.39, 0.29) is 16.9 Å². The van der Waals surface area contributed by atoms with Gasteiger partial charge >= 0.3 is 0 Å². The number of nitro benzene ring substituents is 1. The number of benzene rings is 1. The number of non-ortho nitro benzene ring substituents is 1. The fourth-order valence-electron chi connectivity index (χ4n) is 2.45. The number of aromatic nitrogens is 2. The SMILES string of the molecule is CC(C(=O)Nc1ccc([N+](=O)[O-])cc1C#N)n1nc(-c2ccco2)ccc1=O. The summed E-state index contributed by atoms with van der Waals surface area (Å²) in [6.45, 7) is 1.47. The molecule has 2 heterocycles. The van der Waals surface area contributed by atoms with Crippen LogP contribution in [0.25, 0.3) is 11.5 Å². The van der Waals surface area contributed by atoms with Crippen molar-refractivity contribution in [3.63, 3.8) is 0 Å². The number of rotatable bonds is 5. The Morgan fingerprint density at radius 3 is 2.79 bits per heavy atom. The Morgan fingerprint density at radius 1 is 1.36 bits per heavy atom. The first kappa shape index (κ1) is 18.5. The topological polar surface area (TPSA) is 144 Å². The molecule has 0 radical (unpaired) electrons. The van der Waals surface area contributed by atoms with Gasteiger partial charge in [0.2, 0.25) is 5.91 Å².